The number of nitro benzene ring substituents is 1. The highest BCUT2D eigenvalue weighted by Crippen LogP contribution is 2.31. The number of nitrogens with zero attached hydrogens (tertiary/aromatic N) is 2. The van der Waals surface area contributed by atoms with Crippen LogP contribution in [0.1, 0.15) is 22.8 Å². The van der Waals surface area contributed by atoms with Crippen LogP contribution in [0.3, 0.4) is 0 Å². The zero-order valence-electron chi connectivity index (χ0n) is 11.5. The Hall–Kier alpha value is -2.90. The fourth-order valence-electron chi connectivity index (χ4n) is 1.93. The van der Waals surface area contributed by atoms with Gasteiger partial charge in [-0.3, -0.25) is 20.0 Å². The first kappa shape index (κ1) is 14.5. The largest absolute Gasteiger partial charge is 0.490 e. The van der Waals surface area contributed by atoms with Gasteiger partial charge in [0.05, 0.1) is 23.8 Å². The van der Waals surface area contributed by atoms with E-state index in [1.165, 1.54) is 25.3 Å². The fourth-order valence-corrected chi connectivity index (χ4v) is 1.93. The number of methoxy groups -OCH3 is 1. The molecule has 0 atom stereocenters. The molecule has 2 rings (SSSR count). The second kappa shape index (κ2) is 6.04. The van der Waals surface area contributed by atoms with Crippen LogP contribution in [0, 0.1) is 10.1 Å². The van der Waals surface area contributed by atoms with Crippen molar-refractivity contribution < 1.29 is 14.5 Å². The number of aryl methyl sites for hydroxylation is 1. The van der Waals surface area contributed by atoms with Crippen molar-refractivity contribution in [3.05, 3.63) is 45.6 Å². The van der Waals surface area contributed by atoms with Crippen LogP contribution in [-0.2, 0) is 6.42 Å². The third-order valence-corrected chi connectivity index (χ3v) is 2.98. The number of hydrogen-bond acceptors (Lipinski definition) is 5. The standard InChI is InChI=1S/C13H14N4O4/c1-3-8-7-14-16-12(8)15-13(18)9-5-4-6-10(17(19)20)11(9)21-2/h4-7H,3H2,1-2H3,(H2,14,15,16,18). The van der Waals surface area contributed by atoms with E-state index in [2.05, 4.69) is 15.5 Å². The number of nitro groups is 1. The molecular weight excluding hydrogens is 276 g/mol. The average molecular weight is 290 g/mol. The van der Waals surface area contributed by atoms with E-state index in [9.17, 15) is 14.9 Å². The molecule has 8 nitrogen and oxygen atoms in total. The Balaban J connectivity index is 2.35. The topological polar surface area (TPSA) is 110 Å². The van der Waals surface area contributed by atoms with Crippen LogP contribution in [0.2, 0.25) is 0 Å². The van der Waals surface area contributed by atoms with Gasteiger partial charge in [0.2, 0.25) is 5.75 Å². The van der Waals surface area contributed by atoms with Crippen LogP contribution >= 0.6 is 0 Å². The molecule has 0 aliphatic rings. The third kappa shape index (κ3) is 2.83. The minimum absolute atomic E-state index is 0.0717. The lowest BCUT2D eigenvalue weighted by Gasteiger charge is -2.09. The Morgan fingerprint density at radius 3 is 2.90 bits per heavy atom. The van der Waals surface area contributed by atoms with E-state index in [0.29, 0.717) is 12.2 Å². The molecule has 2 N–H and O–H groups in total. The zero-order chi connectivity index (χ0) is 15.4. The number of amides is 1. The van der Waals surface area contributed by atoms with Gasteiger partial charge in [0.1, 0.15) is 5.82 Å². The number of H-pyrrole nitrogens is 1. The lowest BCUT2D eigenvalue weighted by Crippen LogP contribution is -2.15. The predicted octanol–water partition coefficient (Wildman–Crippen LogP) is 2.14. The van der Waals surface area contributed by atoms with E-state index >= 15 is 0 Å². The first-order chi connectivity index (χ1) is 10.1. The number of carbonyl (C=O) groups excluding carboxylic acids is 1. The Labute approximate surface area is 120 Å². The molecule has 2 aromatic rings. The van der Waals surface area contributed by atoms with Crippen molar-refractivity contribution in [2.45, 2.75) is 13.3 Å². The summed E-state index contributed by atoms with van der Waals surface area (Å²) in [5.74, 6) is -0.108. The monoisotopic (exact) mass is 290 g/mol. The Bertz CT molecular complexity index is 681. The highest BCUT2D eigenvalue weighted by Gasteiger charge is 2.23. The number of aromatic nitrogens is 2. The summed E-state index contributed by atoms with van der Waals surface area (Å²) in [7, 11) is 1.28. The summed E-state index contributed by atoms with van der Waals surface area (Å²) >= 11 is 0. The number of ether oxygens (including phenoxy) is 1. The van der Waals surface area contributed by atoms with Crippen LogP contribution in [0.5, 0.6) is 5.75 Å². The summed E-state index contributed by atoms with van der Waals surface area (Å²) in [4.78, 5) is 22.6. The van der Waals surface area contributed by atoms with Crippen molar-refractivity contribution in [3.8, 4) is 5.75 Å². The minimum Gasteiger partial charge on any atom is -0.490 e. The van der Waals surface area contributed by atoms with Gasteiger partial charge in [-0.25, -0.2) is 0 Å². The van der Waals surface area contributed by atoms with Gasteiger partial charge in [0.15, 0.2) is 0 Å². The molecule has 0 saturated carbocycles. The number of rotatable bonds is 5. The van der Waals surface area contributed by atoms with Crippen LogP contribution in [0.15, 0.2) is 24.4 Å². The zero-order valence-corrected chi connectivity index (χ0v) is 11.5. The SMILES string of the molecule is CCc1cn[nH]c1NC(=O)c1cccc([N+](=O)[O-])c1OC. The molecule has 0 aliphatic heterocycles. The number of hydrogen-bond donors (Lipinski definition) is 2. The molecule has 8 heteroatoms. The predicted molar refractivity (Wildman–Crippen MR) is 75.6 cm³/mol. The van der Waals surface area contributed by atoms with E-state index in [-0.39, 0.29) is 17.0 Å². The van der Waals surface area contributed by atoms with Crippen LogP contribution in [0.4, 0.5) is 11.5 Å². The summed E-state index contributed by atoms with van der Waals surface area (Å²) in [5, 5.41) is 20.1. The Morgan fingerprint density at radius 1 is 1.52 bits per heavy atom. The summed E-state index contributed by atoms with van der Waals surface area (Å²) in [6.45, 7) is 1.93. The third-order valence-electron chi connectivity index (χ3n) is 2.98. The molecule has 0 radical (unpaired) electrons. The van der Waals surface area contributed by atoms with Gasteiger partial charge in [-0.05, 0) is 12.5 Å². The van der Waals surface area contributed by atoms with E-state index in [1.807, 2.05) is 6.92 Å². The highest BCUT2D eigenvalue weighted by atomic mass is 16.6. The number of para-hydroxylation sites is 1. The normalized spacial score (nSPS) is 10.2. The molecule has 0 spiro atoms. The molecule has 0 unspecified atom stereocenters. The maximum absolute atomic E-state index is 12.3. The number of aromatic amines is 1. The molecule has 1 amide bonds. The maximum atomic E-state index is 12.3. The van der Waals surface area contributed by atoms with Crippen LogP contribution in [-0.4, -0.2) is 28.1 Å². The molecule has 110 valence electrons. The molecule has 0 bridgehead atoms. The molecule has 0 aliphatic carbocycles. The van der Waals surface area contributed by atoms with Crippen molar-refractivity contribution in [2.24, 2.45) is 0 Å². The highest BCUT2D eigenvalue weighted by molar-refractivity contribution is 6.06. The quantitative estimate of drug-likeness (QED) is 0.647. The molecule has 0 saturated heterocycles. The van der Waals surface area contributed by atoms with E-state index in [4.69, 9.17) is 4.74 Å². The number of carbonyl (C=O) groups is 1. The average Bonchev–Trinajstić information content (AvgIpc) is 2.93. The van der Waals surface area contributed by atoms with E-state index in [1.54, 1.807) is 6.20 Å². The van der Waals surface area contributed by atoms with Crippen molar-refractivity contribution in [1.82, 2.24) is 10.2 Å². The molecular formula is C13H14N4O4. The number of benzene rings is 1. The fraction of sp³-hybridized carbons (Fsp3) is 0.231. The molecule has 1 aromatic heterocycles. The Kier molecular flexibility index (Phi) is 4.17. The summed E-state index contributed by atoms with van der Waals surface area (Å²) in [5.41, 5.74) is 0.668. The lowest BCUT2D eigenvalue weighted by molar-refractivity contribution is -0.385. The minimum atomic E-state index is -0.594. The molecule has 21 heavy (non-hydrogen) atoms. The first-order valence-electron chi connectivity index (χ1n) is 6.23. The number of nitrogens with one attached hydrogen (secondary N) is 2. The van der Waals surface area contributed by atoms with Gasteiger partial charge in [0, 0.05) is 11.6 Å². The molecule has 0 fully saturated rings. The molecule has 1 heterocycles. The van der Waals surface area contributed by atoms with Crippen molar-refractivity contribution in [2.75, 3.05) is 12.4 Å². The van der Waals surface area contributed by atoms with Crippen LogP contribution < -0.4 is 10.1 Å². The Morgan fingerprint density at radius 2 is 2.29 bits per heavy atom. The van der Waals surface area contributed by atoms with Crippen molar-refractivity contribution in [3.63, 3.8) is 0 Å². The summed E-state index contributed by atoms with van der Waals surface area (Å²) < 4.78 is 5.01. The van der Waals surface area contributed by atoms with Gasteiger partial charge >= 0.3 is 5.69 Å². The van der Waals surface area contributed by atoms with Gasteiger partial charge in [-0.2, -0.15) is 5.10 Å². The summed E-state index contributed by atoms with van der Waals surface area (Å²) in [6, 6.07) is 4.18. The van der Waals surface area contributed by atoms with Crippen molar-refractivity contribution >= 4 is 17.4 Å². The van der Waals surface area contributed by atoms with Crippen LogP contribution in [0.25, 0.3) is 0 Å². The van der Waals surface area contributed by atoms with Crippen molar-refractivity contribution in [1.29, 1.82) is 0 Å². The van der Waals surface area contributed by atoms with Gasteiger partial charge < -0.3 is 10.1 Å². The smallest absolute Gasteiger partial charge is 0.311 e. The van der Waals surface area contributed by atoms with Gasteiger partial charge in [-0.15, -0.1) is 0 Å². The van der Waals surface area contributed by atoms with Gasteiger partial charge in [-0.1, -0.05) is 13.0 Å². The maximum Gasteiger partial charge on any atom is 0.311 e. The summed E-state index contributed by atoms with van der Waals surface area (Å²) in [6.07, 6.45) is 2.30. The molecule has 1 aromatic carbocycles. The number of anilines is 1. The first-order valence-corrected chi connectivity index (χ1v) is 6.23. The van der Waals surface area contributed by atoms with E-state index in [0.717, 1.165) is 5.56 Å². The van der Waals surface area contributed by atoms with E-state index < -0.39 is 10.8 Å². The second-order valence-electron chi connectivity index (χ2n) is 4.19. The lowest BCUT2D eigenvalue weighted by atomic mass is 10.1. The second-order valence-corrected chi connectivity index (χ2v) is 4.19. The van der Waals surface area contributed by atoms with Gasteiger partial charge in [0.25, 0.3) is 5.91 Å².